The molecular weight excluding hydrogens is 276 g/mol. The van der Waals surface area contributed by atoms with Crippen molar-refractivity contribution in [2.24, 2.45) is 0 Å². The van der Waals surface area contributed by atoms with Crippen molar-refractivity contribution >= 4 is 39.4 Å². The molecule has 1 aromatic heterocycles. The minimum atomic E-state index is -0.351. The summed E-state index contributed by atoms with van der Waals surface area (Å²) in [4.78, 5) is 0. The summed E-state index contributed by atoms with van der Waals surface area (Å²) in [5, 5.41) is 1.10. The zero-order valence-corrected chi connectivity index (χ0v) is 11.6. The van der Waals surface area contributed by atoms with Crippen LogP contribution in [0.2, 0.25) is 9.73 Å². The second-order valence-corrected chi connectivity index (χ2v) is 6.57. The number of rotatable bonds is 2. The fourth-order valence-corrected chi connectivity index (χ4v) is 2.29. The molecule has 0 bridgehead atoms. The van der Waals surface area contributed by atoms with Crippen molar-refractivity contribution in [1.29, 1.82) is 0 Å². The Morgan fingerprint density at radius 3 is 2.93 bits per heavy atom. The SMILES string of the molecule is CC([AsH2])Cn1ccc2cc(F)c(Cl)cc21. The van der Waals surface area contributed by atoms with E-state index in [0.717, 1.165) is 17.4 Å². The van der Waals surface area contributed by atoms with Gasteiger partial charge in [0.2, 0.25) is 0 Å². The molecule has 2 rings (SSSR count). The molecule has 0 aliphatic rings. The number of benzene rings is 1. The van der Waals surface area contributed by atoms with Crippen molar-refractivity contribution in [2.45, 2.75) is 18.2 Å². The van der Waals surface area contributed by atoms with Crippen LogP contribution in [0.5, 0.6) is 0 Å². The molecule has 1 heterocycles. The Labute approximate surface area is 102 Å². The standard InChI is InChI=1S/C11H12AsClFN/c1-7(12)6-15-3-2-8-4-10(14)9(13)5-11(8)15/h2-5,7H,6,12H2,1H3. The molecule has 1 aromatic carbocycles. The van der Waals surface area contributed by atoms with Crippen molar-refractivity contribution in [1.82, 2.24) is 4.57 Å². The summed E-state index contributed by atoms with van der Waals surface area (Å²) in [5.74, 6) is -0.351. The zero-order valence-electron chi connectivity index (χ0n) is 8.37. The molecule has 15 heavy (non-hydrogen) atoms. The summed E-state index contributed by atoms with van der Waals surface area (Å²) in [6.07, 6.45) is 1.98. The molecule has 0 amide bonds. The predicted octanol–water partition coefficient (Wildman–Crippen LogP) is 2.88. The van der Waals surface area contributed by atoms with Crippen molar-refractivity contribution in [3.63, 3.8) is 0 Å². The van der Waals surface area contributed by atoms with Crippen LogP contribution in [0.3, 0.4) is 0 Å². The average Bonchev–Trinajstić information content (AvgIpc) is 2.49. The van der Waals surface area contributed by atoms with E-state index < -0.39 is 0 Å². The number of halogens is 2. The first-order chi connectivity index (χ1) is 7.08. The van der Waals surface area contributed by atoms with Gasteiger partial charge in [0.1, 0.15) is 0 Å². The second-order valence-electron chi connectivity index (χ2n) is 3.77. The van der Waals surface area contributed by atoms with E-state index in [9.17, 15) is 4.39 Å². The van der Waals surface area contributed by atoms with Gasteiger partial charge in [-0.1, -0.05) is 0 Å². The Morgan fingerprint density at radius 1 is 1.53 bits per heavy atom. The van der Waals surface area contributed by atoms with Crippen molar-refractivity contribution in [3.8, 4) is 0 Å². The molecule has 80 valence electrons. The van der Waals surface area contributed by atoms with Gasteiger partial charge in [-0.2, -0.15) is 0 Å². The van der Waals surface area contributed by atoms with Crippen LogP contribution in [0.25, 0.3) is 10.9 Å². The third-order valence-electron chi connectivity index (χ3n) is 2.30. The number of fused-ring (bicyclic) bond motifs is 1. The molecule has 2 atom stereocenters. The fraction of sp³-hybridized carbons (Fsp3) is 0.273. The predicted molar refractivity (Wildman–Crippen MR) is 64.9 cm³/mol. The van der Waals surface area contributed by atoms with Gasteiger partial charge >= 0.3 is 102 Å². The van der Waals surface area contributed by atoms with E-state index in [2.05, 4.69) is 11.5 Å². The first kappa shape index (κ1) is 11.0. The molecule has 0 N–H and O–H groups in total. The van der Waals surface area contributed by atoms with Crippen LogP contribution < -0.4 is 0 Å². The second kappa shape index (κ2) is 4.19. The third-order valence-corrected chi connectivity index (χ3v) is 3.03. The maximum absolute atomic E-state index is 13.2. The van der Waals surface area contributed by atoms with Gasteiger partial charge in [0.25, 0.3) is 0 Å². The quantitative estimate of drug-likeness (QED) is 0.749. The summed E-state index contributed by atoms with van der Waals surface area (Å²) < 4.78 is 15.9. The molecule has 1 nitrogen and oxygen atoms in total. The molecule has 0 saturated carbocycles. The van der Waals surface area contributed by atoms with Crippen LogP contribution in [-0.4, -0.2) is 21.4 Å². The van der Waals surface area contributed by atoms with E-state index in [-0.39, 0.29) is 10.8 Å². The van der Waals surface area contributed by atoms with Crippen LogP contribution in [0.1, 0.15) is 6.92 Å². The first-order valence-corrected chi connectivity index (χ1v) is 6.55. The monoisotopic (exact) mass is 287 g/mol. The fourth-order valence-electron chi connectivity index (χ4n) is 1.65. The van der Waals surface area contributed by atoms with Crippen LogP contribution in [0, 0.1) is 5.82 Å². The number of hydrogen-bond acceptors (Lipinski definition) is 0. The molecule has 4 heteroatoms. The Hall–Kier alpha value is -0.462. The molecule has 0 aliphatic heterocycles. The first-order valence-electron chi connectivity index (χ1n) is 4.77. The number of nitrogens with zero attached hydrogens (tertiary/aromatic N) is 1. The summed E-state index contributed by atoms with van der Waals surface area (Å²) in [5.41, 5.74) is 1.01. The van der Waals surface area contributed by atoms with Crippen LogP contribution in [-0.2, 0) is 6.54 Å². The van der Waals surface area contributed by atoms with E-state index >= 15 is 0 Å². The number of hydrogen-bond donors (Lipinski definition) is 0. The van der Waals surface area contributed by atoms with E-state index in [1.54, 1.807) is 22.9 Å². The van der Waals surface area contributed by atoms with E-state index in [1.165, 1.54) is 6.07 Å². The van der Waals surface area contributed by atoms with E-state index in [4.69, 9.17) is 11.6 Å². The molecule has 0 fully saturated rings. The van der Waals surface area contributed by atoms with Gasteiger partial charge in [0, 0.05) is 0 Å². The topological polar surface area (TPSA) is 4.93 Å². The molecule has 0 radical (unpaired) electrons. The summed E-state index contributed by atoms with van der Waals surface area (Å²) >= 11 is 7.47. The molecule has 2 aromatic rings. The van der Waals surface area contributed by atoms with Gasteiger partial charge < -0.3 is 0 Å². The Kier molecular flexibility index (Phi) is 3.08. The summed E-state index contributed by atoms with van der Waals surface area (Å²) in [6.45, 7) is 3.13. The Morgan fingerprint density at radius 2 is 2.27 bits per heavy atom. The Bertz CT molecular complexity index is 493. The van der Waals surface area contributed by atoms with Crippen LogP contribution in [0.4, 0.5) is 4.39 Å². The minimum absolute atomic E-state index is 0.191. The molecule has 2 unspecified atom stereocenters. The summed E-state index contributed by atoms with van der Waals surface area (Å²) in [6, 6.07) is 5.10. The van der Waals surface area contributed by atoms with Gasteiger partial charge in [0.15, 0.2) is 0 Å². The van der Waals surface area contributed by atoms with Gasteiger partial charge in [0.05, 0.1) is 0 Å². The van der Waals surface area contributed by atoms with Gasteiger partial charge in [-0.25, -0.2) is 0 Å². The Balaban J connectivity index is 2.54. The summed E-state index contributed by atoms with van der Waals surface area (Å²) in [7, 11) is 0. The average molecular weight is 288 g/mol. The van der Waals surface area contributed by atoms with Crippen LogP contribution in [0.15, 0.2) is 24.4 Å². The van der Waals surface area contributed by atoms with Crippen molar-refractivity contribution in [2.75, 3.05) is 0 Å². The van der Waals surface area contributed by atoms with Crippen molar-refractivity contribution in [3.05, 3.63) is 35.2 Å². The van der Waals surface area contributed by atoms with Gasteiger partial charge in [-0.3, -0.25) is 0 Å². The maximum atomic E-state index is 13.2. The molecule has 0 saturated heterocycles. The zero-order chi connectivity index (χ0) is 11.0. The van der Waals surface area contributed by atoms with E-state index in [0.29, 0.717) is 4.71 Å². The van der Waals surface area contributed by atoms with E-state index in [1.807, 2.05) is 12.3 Å². The number of aromatic nitrogens is 1. The van der Waals surface area contributed by atoms with Crippen molar-refractivity contribution < 1.29 is 4.39 Å². The molecular formula is C11H12AsClFN. The van der Waals surface area contributed by atoms with Gasteiger partial charge in [-0.15, -0.1) is 0 Å². The van der Waals surface area contributed by atoms with Crippen LogP contribution >= 0.6 is 11.6 Å². The molecule has 0 spiro atoms. The van der Waals surface area contributed by atoms with Gasteiger partial charge in [-0.05, 0) is 0 Å². The molecule has 0 aliphatic carbocycles. The third kappa shape index (κ3) is 2.21. The normalized spacial score (nSPS) is 13.3.